The molecular formula is C10H18N4O3. The monoisotopic (exact) mass is 242 g/mol. The molecule has 7 heteroatoms. The number of hydrogen-bond donors (Lipinski definition) is 3. The number of hydrogen-bond acceptors (Lipinski definition) is 5. The van der Waals surface area contributed by atoms with Gasteiger partial charge in [-0.2, -0.15) is 0 Å². The molecule has 1 aromatic heterocycles. The number of ether oxygens (including phenoxy) is 1. The van der Waals surface area contributed by atoms with E-state index in [2.05, 4.69) is 34.3 Å². The lowest BCUT2D eigenvalue weighted by molar-refractivity contribution is 0.157. The van der Waals surface area contributed by atoms with E-state index in [0.29, 0.717) is 13.2 Å². The Morgan fingerprint density at radius 3 is 2.71 bits per heavy atom. The SMILES string of the molecule is COCCC(C)(C)CNc1n[nH]c(=O)[nH]c1=O. The van der Waals surface area contributed by atoms with Crippen LogP contribution in [0.15, 0.2) is 9.59 Å². The maximum atomic E-state index is 11.3. The molecule has 3 N–H and O–H groups in total. The van der Waals surface area contributed by atoms with E-state index in [1.54, 1.807) is 7.11 Å². The van der Waals surface area contributed by atoms with Crippen LogP contribution < -0.4 is 16.6 Å². The molecular weight excluding hydrogens is 224 g/mol. The summed E-state index contributed by atoms with van der Waals surface area (Å²) in [4.78, 5) is 24.2. The zero-order chi connectivity index (χ0) is 12.9. The average Bonchev–Trinajstić information content (AvgIpc) is 2.25. The number of rotatable bonds is 6. The van der Waals surface area contributed by atoms with Crippen molar-refractivity contribution in [3.8, 4) is 0 Å². The fourth-order valence-corrected chi connectivity index (χ4v) is 1.26. The van der Waals surface area contributed by atoms with Gasteiger partial charge in [0.25, 0.3) is 5.56 Å². The molecule has 0 radical (unpaired) electrons. The highest BCUT2D eigenvalue weighted by Gasteiger charge is 2.18. The number of H-pyrrole nitrogens is 2. The lowest BCUT2D eigenvalue weighted by atomic mass is 9.90. The third kappa shape index (κ3) is 4.39. The highest BCUT2D eigenvalue weighted by atomic mass is 16.5. The molecule has 0 saturated heterocycles. The van der Waals surface area contributed by atoms with Crippen LogP contribution in [-0.2, 0) is 4.74 Å². The molecule has 0 aliphatic heterocycles. The van der Waals surface area contributed by atoms with Crippen molar-refractivity contribution >= 4 is 5.82 Å². The van der Waals surface area contributed by atoms with Gasteiger partial charge < -0.3 is 10.1 Å². The van der Waals surface area contributed by atoms with Crippen molar-refractivity contribution in [1.29, 1.82) is 0 Å². The number of aromatic nitrogens is 3. The molecule has 0 amide bonds. The van der Waals surface area contributed by atoms with Crippen LogP contribution >= 0.6 is 0 Å². The van der Waals surface area contributed by atoms with Gasteiger partial charge in [-0.1, -0.05) is 13.8 Å². The fraction of sp³-hybridized carbons (Fsp3) is 0.700. The molecule has 0 spiro atoms. The van der Waals surface area contributed by atoms with Crippen LogP contribution in [-0.4, -0.2) is 35.4 Å². The summed E-state index contributed by atoms with van der Waals surface area (Å²) >= 11 is 0. The van der Waals surface area contributed by atoms with Crippen molar-refractivity contribution in [3.05, 3.63) is 20.8 Å². The van der Waals surface area contributed by atoms with Gasteiger partial charge in [0, 0.05) is 20.3 Å². The molecule has 0 bridgehead atoms. The Labute approximate surface area is 98.6 Å². The molecule has 0 saturated carbocycles. The van der Waals surface area contributed by atoms with Gasteiger partial charge in [-0.05, 0) is 11.8 Å². The van der Waals surface area contributed by atoms with Gasteiger partial charge in [0.2, 0.25) is 5.82 Å². The van der Waals surface area contributed by atoms with E-state index in [-0.39, 0.29) is 11.2 Å². The predicted molar refractivity (Wildman–Crippen MR) is 64.2 cm³/mol. The molecule has 0 aliphatic carbocycles. The molecule has 0 aliphatic rings. The highest BCUT2D eigenvalue weighted by Crippen LogP contribution is 2.19. The maximum Gasteiger partial charge on any atom is 0.342 e. The molecule has 1 aromatic rings. The van der Waals surface area contributed by atoms with Crippen LogP contribution in [0.2, 0.25) is 0 Å². The maximum absolute atomic E-state index is 11.3. The predicted octanol–water partition coefficient (Wildman–Crippen LogP) is -0.0672. The second-order valence-corrected chi connectivity index (χ2v) is 4.62. The summed E-state index contributed by atoms with van der Waals surface area (Å²) in [5.41, 5.74) is -1.16. The van der Waals surface area contributed by atoms with E-state index in [0.717, 1.165) is 6.42 Å². The van der Waals surface area contributed by atoms with Crippen LogP contribution in [0.25, 0.3) is 0 Å². The number of nitrogens with zero attached hydrogens (tertiary/aromatic N) is 1. The average molecular weight is 242 g/mol. The molecule has 96 valence electrons. The summed E-state index contributed by atoms with van der Waals surface area (Å²) in [7, 11) is 1.65. The Kier molecular flexibility index (Phi) is 4.45. The summed E-state index contributed by atoms with van der Waals surface area (Å²) in [5.74, 6) is 0.120. The smallest absolute Gasteiger partial charge is 0.342 e. The van der Waals surface area contributed by atoms with Crippen LogP contribution in [0.4, 0.5) is 5.82 Å². The Bertz CT molecular complexity index is 463. The topological polar surface area (TPSA) is 99.9 Å². The Hall–Kier alpha value is -1.63. The van der Waals surface area contributed by atoms with Crippen LogP contribution in [0, 0.1) is 5.41 Å². The van der Waals surface area contributed by atoms with E-state index in [4.69, 9.17) is 4.74 Å². The molecule has 0 aromatic carbocycles. The lowest BCUT2D eigenvalue weighted by Gasteiger charge is -2.24. The van der Waals surface area contributed by atoms with Crippen LogP contribution in [0.5, 0.6) is 0 Å². The van der Waals surface area contributed by atoms with Gasteiger partial charge in [-0.25, -0.2) is 9.89 Å². The largest absolute Gasteiger partial charge is 0.385 e. The molecule has 0 unspecified atom stereocenters. The first-order valence-corrected chi connectivity index (χ1v) is 5.36. The number of aromatic amines is 2. The summed E-state index contributed by atoms with van der Waals surface area (Å²) in [6, 6.07) is 0. The quantitative estimate of drug-likeness (QED) is 0.648. The van der Waals surface area contributed by atoms with Crippen LogP contribution in [0.3, 0.4) is 0 Å². The molecule has 0 atom stereocenters. The van der Waals surface area contributed by atoms with Gasteiger partial charge in [0.15, 0.2) is 0 Å². The Morgan fingerprint density at radius 1 is 1.41 bits per heavy atom. The zero-order valence-corrected chi connectivity index (χ0v) is 10.3. The van der Waals surface area contributed by atoms with Crippen molar-refractivity contribution in [2.75, 3.05) is 25.6 Å². The minimum atomic E-state index is -0.612. The summed E-state index contributed by atoms with van der Waals surface area (Å²) in [5, 5.41) is 8.72. The van der Waals surface area contributed by atoms with Crippen molar-refractivity contribution in [1.82, 2.24) is 15.2 Å². The van der Waals surface area contributed by atoms with E-state index < -0.39 is 11.2 Å². The third-order valence-electron chi connectivity index (χ3n) is 2.43. The van der Waals surface area contributed by atoms with Gasteiger partial charge in [-0.3, -0.25) is 9.78 Å². The normalized spacial score (nSPS) is 11.5. The minimum Gasteiger partial charge on any atom is -0.385 e. The fourth-order valence-electron chi connectivity index (χ4n) is 1.26. The minimum absolute atomic E-state index is 0.0275. The van der Waals surface area contributed by atoms with Crippen molar-refractivity contribution in [2.24, 2.45) is 5.41 Å². The number of nitrogens with one attached hydrogen (secondary N) is 3. The van der Waals surface area contributed by atoms with Crippen molar-refractivity contribution in [2.45, 2.75) is 20.3 Å². The highest BCUT2D eigenvalue weighted by molar-refractivity contribution is 5.28. The van der Waals surface area contributed by atoms with E-state index in [9.17, 15) is 9.59 Å². The van der Waals surface area contributed by atoms with Gasteiger partial charge in [0.1, 0.15) is 0 Å². The zero-order valence-electron chi connectivity index (χ0n) is 10.3. The first-order valence-electron chi connectivity index (χ1n) is 5.36. The first-order chi connectivity index (χ1) is 7.94. The van der Waals surface area contributed by atoms with E-state index >= 15 is 0 Å². The van der Waals surface area contributed by atoms with Crippen molar-refractivity contribution < 1.29 is 4.74 Å². The summed E-state index contributed by atoms with van der Waals surface area (Å²) < 4.78 is 5.01. The van der Waals surface area contributed by atoms with Crippen LogP contribution in [0.1, 0.15) is 20.3 Å². The second kappa shape index (κ2) is 5.62. The van der Waals surface area contributed by atoms with E-state index in [1.807, 2.05) is 0 Å². The van der Waals surface area contributed by atoms with E-state index in [1.165, 1.54) is 0 Å². The van der Waals surface area contributed by atoms with Gasteiger partial charge in [-0.15, -0.1) is 5.10 Å². The molecule has 1 rings (SSSR count). The Morgan fingerprint density at radius 2 is 2.12 bits per heavy atom. The molecule has 0 fully saturated rings. The van der Waals surface area contributed by atoms with Gasteiger partial charge >= 0.3 is 5.69 Å². The van der Waals surface area contributed by atoms with Gasteiger partial charge in [0.05, 0.1) is 0 Å². The third-order valence-corrected chi connectivity index (χ3v) is 2.43. The molecule has 7 nitrogen and oxygen atoms in total. The molecule has 17 heavy (non-hydrogen) atoms. The second-order valence-electron chi connectivity index (χ2n) is 4.62. The summed E-state index contributed by atoms with van der Waals surface area (Å²) in [6.07, 6.45) is 0.859. The van der Waals surface area contributed by atoms with Crippen molar-refractivity contribution in [3.63, 3.8) is 0 Å². The number of methoxy groups -OCH3 is 1. The Balaban J connectivity index is 2.61. The standard InChI is InChI=1S/C10H18N4O3/c1-10(2,4-5-17-3)6-11-7-8(15)12-9(16)14-13-7/h4-6H2,1-3H3,(H,11,13)(H2,12,14,15,16). The summed E-state index contributed by atoms with van der Waals surface area (Å²) in [6.45, 7) is 5.33. The first kappa shape index (κ1) is 13.4. The molecule has 1 heterocycles. The number of anilines is 1. The lowest BCUT2D eigenvalue weighted by Crippen LogP contribution is -2.31.